The molecular formula is C36H21N3O2. The molecule has 0 N–H and O–H groups in total. The van der Waals surface area contributed by atoms with Crippen molar-refractivity contribution >= 4 is 32.9 Å². The van der Waals surface area contributed by atoms with E-state index < -0.39 is 0 Å². The van der Waals surface area contributed by atoms with Crippen LogP contribution in [0.5, 0.6) is 11.5 Å². The number of rotatable bonds is 3. The van der Waals surface area contributed by atoms with E-state index in [9.17, 15) is 0 Å². The van der Waals surface area contributed by atoms with Gasteiger partial charge in [-0.1, -0.05) is 60.7 Å². The monoisotopic (exact) mass is 527 g/mol. The first kappa shape index (κ1) is 22.2. The van der Waals surface area contributed by atoms with Crippen molar-refractivity contribution < 1.29 is 9.15 Å². The first-order valence-electron chi connectivity index (χ1n) is 13.6. The van der Waals surface area contributed by atoms with Gasteiger partial charge in [-0.15, -0.1) is 0 Å². The molecule has 4 heterocycles. The fourth-order valence-corrected chi connectivity index (χ4v) is 5.93. The van der Waals surface area contributed by atoms with Gasteiger partial charge in [0.2, 0.25) is 5.89 Å². The third-order valence-corrected chi connectivity index (χ3v) is 7.81. The molecule has 0 radical (unpaired) electrons. The van der Waals surface area contributed by atoms with Crippen molar-refractivity contribution in [3.05, 3.63) is 127 Å². The largest absolute Gasteiger partial charge is 0.453 e. The van der Waals surface area contributed by atoms with Crippen molar-refractivity contribution in [3.63, 3.8) is 0 Å². The van der Waals surface area contributed by atoms with E-state index in [-0.39, 0.29) is 0 Å². The second-order valence-electron chi connectivity index (χ2n) is 10.3. The Morgan fingerprint density at radius 3 is 2.27 bits per heavy atom. The maximum Gasteiger partial charge on any atom is 0.227 e. The summed E-state index contributed by atoms with van der Waals surface area (Å²) in [6, 6.07) is 43.2. The van der Waals surface area contributed by atoms with Crippen LogP contribution in [0.25, 0.3) is 72.6 Å². The smallest absolute Gasteiger partial charge is 0.227 e. The molecule has 0 bridgehead atoms. The SMILES string of the molecule is c1ccc(-c2nc3ccc(-c4cccc(-c5cc6c7c(c5)c5ccccc5n7-c5ccccc5O6)n4)cc3o2)cc1. The lowest BCUT2D eigenvalue weighted by atomic mass is 10.0. The summed E-state index contributed by atoms with van der Waals surface area (Å²) in [4.78, 5) is 9.77. The highest BCUT2D eigenvalue weighted by Gasteiger charge is 2.24. The highest BCUT2D eigenvalue weighted by atomic mass is 16.5. The molecule has 1 aliphatic heterocycles. The lowest BCUT2D eigenvalue weighted by Gasteiger charge is -2.21. The molecule has 0 amide bonds. The van der Waals surface area contributed by atoms with Crippen LogP contribution in [-0.2, 0) is 0 Å². The van der Waals surface area contributed by atoms with E-state index >= 15 is 0 Å². The molecule has 5 nitrogen and oxygen atoms in total. The van der Waals surface area contributed by atoms with Crippen molar-refractivity contribution in [1.82, 2.24) is 14.5 Å². The zero-order valence-electron chi connectivity index (χ0n) is 21.8. The van der Waals surface area contributed by atoms with Gasteiger partial charge >= 0.3 is 0 Å². The summed E-state index contributed by atoms with van der Waals surface area (Å²) in [5, 5.41) is 2.33. The van der Waals surface area contributed by atoms with Crippen molar-refractivity contribution in [3.8, 4) is 51.2 Å². The quantitative estimate of drug-likeness (QED) is 0.230. The molecule has 41 heavy (non-hydrogen) atoms. The second kappa shape index (κ2) is 8.41. The number of oxazole rings is 1. The Balaban J connectivity index is 1.18. The topological polar surface area (TPSA) is 53.1 Å². The van der Waals surface area contributed by atoms with Gasteiger partial charge in [0.05, 0.1) is 28.1 Å². The number of benzene rings is 5. The predicted molar refractivity (Wildman–Crippen MR) is 163 cm³/mol. The molecule has 9 rings (SSSR count). The van der Waals surface area contributed by atoms with Crippen molar-refractivity contribution in [2.45, 2.75) is 0 Å². The second-order valence-corrected chi connectivity index (χ2v) is 10.3. The fraction of sp³-hybridized carbons (Fsp3) is 0. The summed E-state index contributed by atoms with van der Waals surface area (Å²) < 4.78 is 14.9. The van der Waals surface area contributed by atoms with E-state index in [1.807, 2.05) is 78.9 Å². The van der Waals surface area contributed by atoms with Crippen LogP contribution in [0.3, 0.4) is 0 Å². The average molecular weight is 528 g/mol. The average Bonchev–Trinajstić information content (AvgIpc) is 3.62. The molecule has 0 aliphatic carbocycles. The van der Waals surface area contributed by atoms with Gasteiger partial charge in [-0.2, -0.15) is 0 Å². The molecule has 1 aliphatic rings. The van der Waals surface area contributed by atoms with E-state index in [0.29, 0.717) is 5.89 Å². The minimum Gasteiger partial charge on any atom is -0.453 e. The van der Waals surface area contributed by atoms with Gasteiger partial charge in [0.15, 0.2) is 17.1 Å². The molecule has 8 aromatic rings. The van der Waals surface area contributed by atoms with Crippen LogP contribution >= 0.6 is 0 Å². The number of ether oxygens (including phenoxy) is 1. The maximum atomic E-state index is 6.48. The maximum absolute atomic E-state index is 6.48. The number of pyridine rings is 1. The van der Waals surface area contributed by atoms with Gasteiger partial charge in [0, 0.05) is 27.5 Å². The molecule has 0 fully saturated rings. The molecule has 0 saturated carbocycles. The number of aromatic nitrogens is 3. The van der Waals surface area contributed by atoms with Crippen LogP contribution in [0.1, 0.15) is 0 Å². The van der Waals surface area contributed by atoms with Crippen molar-refractivity contribution in [2.75, 3.05) is 0 Å². The minimum absolute atomic E-state index is 0.613. The number of para-hydroxylation sites is 3. The highest BCUT2D eigenvalue weighted by molar-refractivity contribution is 6.13. The van der Waals surface area contributed by atoms with Crippen LogP contribution in [-0.4, -0.2) is 14.5 Å². The van der Waals surface area contributed by atoms with Gasteiger partial charge in [0.1, 0.15) is 5.52 Å². The summed E-state index contributed by atoms with van der Waals surface area (Å²) in [5.74, 6) is 2.29. The van der Waals surface area contributed by atoms with E-state index in [0.717, 1.165) is 72.8 Å². The van der Waals surface area contributed by atoms with E-state index in [1.54, 1.807) is 0 Å². The Bertz CT molecular complexity index is 2300. The third kappa shape index (κ3) is 3.36. The standard InChI is InChI=1S/C36H21N3O2/c1-2-9-22(10-3-1)36-38-29-18-17-23(20-33(29)41-36)27-12-8-13-28(37-27)24-19-26-25-11-4-5-14-30(25)39-31-15-6-7-16-32(31)40-34(21-24)35(26)39/h1-21H. The number of hydrogen-bond acceptors (Lipinski definition) is 4. The van der Waals surface area contributed by atoms with Crippen LogP contribution < -0.4 is 4.74 Å². The molecule has 192 valence electrons. The molecule has 0 atom stereocenters. The zero-order valence-corrected chi connectivity index (χ0v) is 21.8. The molecule has 5 aromatic carbocycles. The predicted octanol–water partition coefficient (Wildman–Crippen LogP) is 9.43. The number of fused-ring (bicyclic) bond motifs is 6. The van der Waals surface area contributed by atoms with Crippen LogP contribution in [0.15, 0.2) is 132 Å². The summed E-state index contributed by atoms with van der Waals surface area (Å²) in [5.41, 5.74) is 9.52. The number of hydrogen-bond donors (Lipinski definition) is 0. The van der Waals surface area contributed by atoms with Crippen LogP contribution in [0.2, 0.25) is 0 Å². The van der Waals surface area contributed by atoms with E-state index in [4.69, 9.17) is 14.1 Å². The molecule has 0 spiro atoms. The molecule has 3 aromatic heterocycles. The molecule has 0 saturated heterocycles. The van der Waals surface area contributed by atoms with E-state index in [1.165, 1.54) is 5.39 Å². The van der Waals surface area contributed by atoms with E-state index in [2.05, 4.69) is 58.1 Å². The van der Waals surface area contributed by atoms with Gasteiger partial charge in [-0.25, -0.2) is 9.97 Å². The fourth-order valence-electron chi connectivity index (χ4n) is 5.93. The van der Waals surface area contributed by atoms with Crippen molar-refractivity contribution in [1.29, 1.82) is 0 Å². The summed E-state index contributed by atoms with van der Waals surface area (Å²) >= 11 is 0. The van der Waals surface area contributed by atoms with Crippen LogP contribution in [0.4, 0.5) is 0 Å². The lowest BCUT2D eigenvalue weighted by molar-refractivity contribution is 0.476. The van der Waals surface area contributed by atoms with Gasteiger partial charge in [-0.3, -0.25) is 0 Å². The lowest BCUT2D eigenvalue weighted by Crippen LogP contribution is -2.04. The van der Waals surface area contributed by atoms with Crippen LogP contribution in [0, 0.1) is 0 Å². The van der Waals surface area contributed by atoms with Gasteiger partial charge in [-0.05, 0) is 66.7 Å². The molecular weight excluding hydrogens is 506 g/mol. The van der Waals surface area contributed by atoms with Gasteiger partial charge < -0.3 is 13.7 Å². The Kier molecular flexibility index (Phi) is 4.55. The van der Waals surface area contributed by atoms with Crippen molar-refractivity contribution in [2.24, 2.45) is 0 Å². The summed E-state index contributed by atoms with van der Waals surface area (Å²) in [6.07, 6.45) is 0. The Labute approximate surface area is 234 Å². The summed E-state index contributed by atoms with van der Waals surface area (Å²) in [7, 11) is 0. The molecule has 0 unspecified atom stereocenters. The zero-order chi connectivity index (χ0) is 26.9. The third-order valence-electron chi connectivity index (χ3n) is 7.81. The first-order valence-corrected chi connectivity index (χ1v) is 13.6. The Morgan fingerprint density at radius 1 is 0.537 bits per heavy atom. The normalized spacial score (nSPS) is 12.1. The summed E-state index contributed by atoms with van der Waals surface area (Å²) in [6.45, 7) is 0. The highest BCUT2D eigenvalue weighted by Crippen LogP contribution is 2.47. The number of nitrogens with zero attached hydrogens (tertiary/aromatic N) is 3. The first-order chi connectivity index (χ1) is 20.3. The van der Waals surface area contributed by atoms with Gasteiger partial charge in [0.25, 0.3) is 0 Å². The molecule has 5 heteroatoms. The Morgan fingerprint density at radius 2 is 1.34 bits per heavy atom. The Hall–Kier alpha value is -5.68. The minimum atomic E-state index is 0.613.